The molecule has 0 atom stereocenters. The predicted octanol–water partition coefficient (Wildman–Crippen LogP) is 4.94. The molecular weight excluding hydrogens is 318 g/mol. The van der Waals surface area contributed by atoms with Gasteiger partial charge < -0.3 is 0 Å². The van der Waals surface area contributed by atoms with Crippen molar-refractivity contribution >= 4 is 26.5 Å². The molecule has 3 aromatic carbocycles. The first-order valence-electron chi connectivity index (χ1n) is 7.89. The zero-order chi connectivity index (χ0) is 17.4. The van der Waals surface area contributed by atoms with Crippen LogP contribution in [0.2, 0.25) is 0 Å². The van der Waals surface area contributed by atoms with Crippen molar-refractivity contribution in [1.29, 1.82) is 0 Å². The minimum Gasteiger partial charge on any atom is -0.279 e. The van der Waals surface area contributed by atoms with Crippen molar-refractivity contribution in [2.45, 2.75) is 31.1 Å². The molecule has 0 aliphatic rings. The smallest absolute Gasteiger partial charge is 0.262 e. The Kier molecular flexibility index (Phi) is 4.10. The first-order valence-corrected chi connectivity index (χ1v) is 9.37. The third kappa shape index (κ3) is 3.15. The predicted molar refractivity (Wildman–Crippen MR) is 99.9 cm³/mol. The number of sulfonamides is 1. The van der Waals surface area contributed by atoms with Crippen molar-refractivity contribution in [1.82, 2.24) is 0 Å². The van der Waals surface area contributed by atoms with Gasteiger partial charge in [0, 0.05) is 5.39 Å². The van der Waals surface area contributed by atoms with E-state index in [0.717, 1.165) is 16.3 Å². The van der Waals surface area contributed by atoms with Crippen LogP contribution in [-0.4, -0.2) is 8.42 Å². The molecule has 3 nitrogen and oxygen atoms in total. The van der Waals surface area contributed by atoms with Gasteiger partial charge in [0.15, 0.2) is 0 Å². The summed E-state index contributed by atoms with van der Waals surface area (Å²) in [6, 6.07) is 20.4. The van der Waals surface area contributed by atoms with E-state index >= 15 is 0 Å². The van der Waals surface area contributed by atoms with Crippen molar-refractivity contribution in [3.05, 3.63) is 72.3 Å². The number of rotatable bonds is 3. The molecule has 0 amide bonds. The number of fused-ring (bicyclic) bond motifs is 1. The fourth-order valence-corrected chi connectivity index (χ4v) is 4.17. The molecule has 0 fully saturated rings. The molecule has 24 heavy (non-hydrogen) atoms. The molecule has 0 aromatic heterocycles. The number of nitrogens with one attached hydrogen (secondary N) is 1. The van der Waals surface area contributed by atoms with E-state index < -0.39 is 10.0 Å². The minimum absolute atomic E-state index is 0.155. The summed E-state index contributed by atoms with van der Waals surface area (Å²) in [6.45, 7) is 6.20. The second-order valence-electron chi connectivity index (χ2n) is 6.88. The first-order chi connectivity index (χ1) is 11.3. The first kappa shape index (κ1) is 16.5. The molecule has 0 aliphatic heterocycles. The summed E-state index contributed by atoms with van der Waals surface area (Å²) in [6.07, 6.45) is 0. The Bertz CT molecular complexity index is 980. The summed E-state index contributed by atoms with van der Waals surface area (Å²) >= 11 is 0. The highest BCUT2D eigenvalue weighted by atomic mass is 32.2. The largest absolute Gasteiger partial charge is 0.279 e. The molecule has 0 unspecified atom stereocenters. The average Bonchev–Trinajstić information content (AvgIpc) is 2.53. The van der Waals surface area contributed by atoms with Crippen LogP contribution in [0, 0.1) is 0 Å². The monoisotopic (exact) mass is 339 g/mol. The summed E-state index contributed by atoms with van der Waals surface area (Å²) in [5.41, 5.74) is 1.43. The van der Waals surface area contributed by atoms with Crippen LogP contribution in [0.25, 0.3) is 10.8 Å². The molecule has 0 saturated heterocycles. The SMILES string of the molecule is CC(C)(C)c1ccccc1NS(=O)(=O)c1cccc2ccccc12. The Hall–Kier alpha value is -2.33. The van der Waals surface area contributed by atoms with Crippen LogP contribution in [0.1, 0.15) is 26.3 Å². The quantitative estimate of drug-likeness (QED) is 0.735. The van der Waals surface area contributed by atoms with E-state index in [2.05, 4.69) is 25.5 Å². The number of hydrogen-bond acceptors (Lipinski definition) is 2. The van der Waals surface area contributed by atoms with Gasteiger partial charge >= 0.3 is 0 Å². The fraction of sp³-hybridized carbons (Fsp3) is 0.200. The zero-order valence-electron chi connectivity index (χ0n) is 14.1. The molecule has 3 rings (SSSR count). The van der Waals surface area contributed by atoms with E-state index in [1.807, 2.05) is 54.6 Å². The molecule has 0 radical (unpaired) electrons. The standard InChI is InChI=1S/C20H21NO2S/c1-20(2,3)17-12-6-7-13-18(17)21-24(22,23)19-14-8-10-15-9-4-5-11-16(15)19/h4-14,21H,1-3H3. The Morgan fingerprint density at radius 2 is 1.42 bits per heavy atom. The summed E-state index contributed by atoms with van der Waals surface area (Å²) in [5, 5.41) is 1.63. The lowest BCUT2D eigenvalue weighted by molar-refractivity contribution is 0.590. The van der Waals surface area contributed by atoms with E-state index in [1.165, 1.54) is 0 Å². The maximum Gasteiger partial charge on any atom is 0.262 e. The van der Waals surface area contributed by atoms with Gasteiger partial charge in [-0.3, -0.25) is 4.72 Å². The normalized spacial score (nSPS) is 12.3. The average molecular weight is 339 g/mol. The van der Waals surface area contributed by atoms with Crippen LogP contribution in [0.15, 0.2) is 71.6 Å². The Balaban J connectivity index is 2.10. The molecule has 124 valence electrons. The highest BCUT2D eigenvalue weighted by Gasteiger charge is 2.22. The Morgan fingerprint density at radius 3 is 2.17 bits per heavy atom. The van der Waals surface area contributed by atoms with Gasteiger partial charge in [0.1, 0.15) is 0 Å². The minimum atomic E-state index is -3.67. The highest BCUT2D eigenvalue weighted by Crippen LogP contribution is 2.32. The maximum absolute atomic E-state index is 13.0. The fourth-order valence-electron chi connectivity index (χ4n) is 2.86. The number of hydrogen-bond donors (Lipinski definition) is 1. The van der Waals surface area contributed by atoms with Gasteiger partial charge in [-0.1, -0.05) is 75.4 Å². The summed E-state index contributed by atoms with van der Waals surface area (Å²) in [4.78, 5) is 0.296. The number of anilines is 1. The van der Waals surface area contributed by atoms with Crippen LogP contribution in [0.5, 0.6) is 0 Å². The van der Waals surface area contributed by atoms with Crippen molar-refractivity contribution in [2.24, 2.45) is 0 Å². The Labute approximate surface area is 143 Å². The summed E-state index contributed by atoms with van der Waals surface area (Å²) in [5.74, 6) is 0. The van der Waals surface area contributed by atoms with Crippen LogP contribution in [0.4, 0.5) is 5.69 Å². The van der Waals surface area contributed by atoms with Gasteiger partial charge in [-0.2, -0.15) is 0 Å². The summed E-state index contributed by atoms with van der Waals surface area (Å²) < 4.78 is 28.7. The molecule has 0 saturated carbocycles. The third-order valence-corrected chi connectivity index (χ3v) is 5.44. The third-order valence-electron chi connectivity index (χ3n) is 4.02. The van der Waals surface area contributed by atoms with Gasteiger partial charge in [0.2, 0.25) is 0 Å². The zero-order valence-corrected chi connectivity index (χ0v) is 14.9. The van der Waals surface area contributed by atoms with Crippen LogP contribution in [-0.2, 0) is 15.4 Å². The molecule has 4 heteroatoms. The molecular formula is C20H21NO2S. The molecule has 0 bridgehead atoms. The molecule has 1 N–H and O–H groups in total. The van der Waals surface area contributed by atoms with Crippen molar-refractivity contribution in [3.8, 4) is 0 Å². The van der Waals surface area contributed by atoms with Crippen LogP contribution < -0.4 is 4.72 Å². The molecule has 3 aromatic rings. The summed E-state index contributed by atoms with van der Waals surface area (Å²) in [7, 11) is -3.67. The molecule has 0 aliphatic carbocycles. The maximum atomic E-state index is 13.0. The second-order valence-corrected chi connectivity index (χ2v) is 8.53. The highest BCUT2D eigenvalue weighted by molar-refractivity contribution is 7.93. The van der Waals surface area contributed by atoms with Gasteiger partial charge in [0.05, 0.1) is 10.6 Å². The molecule has 0 heterocycles. The molecule has 0 spiro atoms. The van der Waals surface area contributed by atoms with Crippen molar-refractivity contribution in [2.75, 3.05) is 4.72 Å². The van der Waals surface area contributed by atoms with Gasteiger partial charge in [-0.15, -0.1) is 0 Å². The van der Waals surface area contributed by atoms with E-state index in [1.54, 1.807) is 12.1 Å². The van der Waals surface area contributed by atoms with Gasteiger partial charge in [-0.25, -0.2) is 8.42 Å². The lowest BCUT2D eigenvalue weighted by Gasteiger charge is -2.23. The number of benzene rings is 3. The lowest BCUT2D eigenvalue weighted by Crippen LogP contribution is -2.19. The van der Waals surface area contributed by atoms with E-state index in [0.29, 0.717) is 10.6 Å². The van der Waals surface area contributed by atoms with E-state index in [4.69, 9.17) is 0 Å². The van der Waals surface area contributed by atoms with Crippen LogP contribution >= 0.6 is 0 Å². The number of para-hydroxylation sites is 1. The van der Waals surface area contributed by atoms with Crippen molar-refractivity contribution < 1.29 is 8.42 Å². The second kappa shape index (κ2) is 5.95. The lowest BCUT2D eigenvalue weighted by atomic mass is 9.86. The topological polar surface area (TPSA) is 46.2 Å². The van der Waals surface area contributed by atoms with Crippen LogP contribution in [0.3, 0.4) is 0 Å². The van der Waals surface area contributed by atoms with Gasteiger partial charge in [0.25, 0.3) is 10.0 Å². The van der Waals surface area contributed by atoms with E-state index in [9.17, 15) is 8.42 Å². The van der Waals surface area contributed by atoms with Crippen molar-refractivity contribution in [3.63, 3.8) is 0 Å². The van der Waals surface area contributed by atoms with E-state index in [-0.39, 0.29) is 5.41 Å². The Morgan fingerprint density at radius 1 is 0.792 bits per heavy atom. The van der Waals surface area contributed by atoms with Gasteiger partial charge in [-0.05, 0) is 28.5 Å².